The molecule has 0 aliphatic carbocycles. The van der Waals surface area contributed by atoms with Crippen LogP contribution in [0.3, 0.4) is 0 Å². The molecule has 0 radical (unpaired) electrons. The summed E-state index contributed by atoms with van der Waals surface area (Å²) in [6, 6.07) is 15.0. The van der Waals surface area contributed by atoms with E-state index in [1.165, 1.54) is 0 Å². The molecule has 3 aromatic rings. The molecule has 146 valence electrons. The van der Waals surface area contributed by atoms with Crippen molar-refractivity contribution in [1.29, 1.82) is 0 Å². The van der Waals surface area contributed by atoms with Crippen molar-refractivity contribution < 1.29 is 8.42 Å². The number of nitrogen functional groups attached to an aromatic ring is 1. The summed E-state index contributed by atoms with van der Waals surface area (Å²) in [5.41, 5.74) is 9.67. The summed E-state index contributed by atoms with van der Waals surface area (Å²) in [6.45, 7) is 3.02. The molecule has 0 atom stereocenters. The molecular weight excluding hydrogens is 372 g/mol. The molecule has 2 aromatic carbocycles. The van der Waals surface area contributed by atoms with Gasteiger partial charge in [0.1, 0.15) is 0 Å². The van der Waals surface area contributed by atoms with Crippen LogP contribution in [0.5, 0.6) is 0 Å². The van der Waals surface area contributed by atoms with Gasteiger partial charge in [0.05, 0.1) is 10.9 Å². The van der Waals surface area contributed by atoms with Gasteiger partial charge in [-0.1, -0.05) is 18.2 Å². The average Bonchev–Trinajstić information content (AvgIpc) is 3.25. The van der Waals surface area contributed by atoms with Gasteiger partial charge in [-0.25, -0.2) is 8.42 Å². The lowest BCUT2D eigenvalue weighted by Gasteiger charge is -2.31. The standard InChI is InChI=1S/C21H24N4O2S/c1-16-3-6-18(22)15-21(16)17-4-7-20(8-5-17)28(26,27)24-13-9-19(10-14-24)25-12-2-11-23-25/h2-8,11-12,15,19H,9-10,13-14,22H2,1H3. The van der Waals surface area contributed by atoms with Gasteiger partial charge in [-0.3, -0.25) is 4.68 Å². The first kappa shape index (κ1) is 18.7. The highest BCUT2D eigenvalue weighted by Gasteiger charge is 2.30. The lowest BCUT2D eigenvalue weighted by atomic mass is 10.0. The van der Waals surface area contributed by atoms with Crippen LogP contribution in [0, 0.1) is 6.92 Å². The van der Waals surface area contributed by atoms with Gasteiger partial charge >= 0.3 is 0 Å². The summed E-state index contributed by atoms with van der Waals surface area (Å²) >= 11 is 0. The number of sulfonamides is 1. The molecule has 2 heterocycles. The van der Waals surface area contributed by atoms with Crippen molar-refractivity contribution in [3.05, 3.63) is 66.5 Å². The maximum Gasteiger partial charge on any atom is 0.243 e. The Balaban J connectivity index is 1.51. The van der Waals surface area contributed by atoms with Crippen LogP contribution in [-0.4, -0.2) is 35.6 Å². The van der Waals surface area contributed by atoms with E-state index in [9.17, 15) is 8.42 Å². The molecule has 1 aliphatic heterocycles. The van der Waals surface area contributed by atoms with Gasteiger partial charge in [-0.05, 0) is 66.8 Å². The molecular formula is C21H24N4O2S. The van der Waals surface area contributed by atoms with E-state index in [1.807, 2.05) is 54.2 Å². The van der Waals surface area contributed by atoms with Gasteiger partial charge in [-0.15, -0.1) is 0 Å². The summed E-state index contributed by atoms with van der Waals surface area (Å²) in [5, 5.41) is 4.28. The summed E-state index contributed by atoms with van der Waals surface area (Å²) in [7, 11) is -3.49. The Bertz CT molecular complexity index is 1050. The van der Waals surface area contributed by atoms with Crippen molar-refractivity contribution in [1.82, 2.24) is 14.1 Å². The fraction of sp³-hybridized carbons (Fsp3) is 0.286. The Morgan fingerprint density at radius 3 is 2.43 bits per heavy atom. The second-order valence-electron chi connectivity index (χ2n) is 7.22. The summed E-state index contributed by atoms with van der Waals surface area (Å²) in [4.78, 5) is 0.329. The van der Waals surface area contributed by atoms with Crippen LogP contribution in [0.25, 0.3) is 11.1 Å². The smallest absolute Gasteiger partial charge is 0.243 e. The third-order valence-electron chi connectivity index (χ3n) is 5.39. The van der Waals surface area contributed by atoms with Gasteiger partial charge < -0.3 is 5.73 Å². The first-order chi connectivity index (χ1) is 13.4. The van der Waals surface area contributed by atoms with Crippen molar-refractivity contribution in [3.8, 4) is 11.1 Å². The van der Waals surface area contributed by atoms with Crippen LogP contribution in [0.2, 0.25) is 0 Å². The number of nitrogens with two attached hydrogens (primary N) is 1. The fourth-order valence-corrected chi connectivity index (χ4v) is 5.22. The maximum atomic E-state index is 13.0. The number of rotatable bonds is 4. The molecule has 0 unspecified atom stereocenters. The van der Waals surface area contributed by atoms with Gasteiger partial charge in [0.2, 0.25) is 10.0 Å². The van der Waals surface area contributed by atoms with E-state index in [-0.39, 0.29) is 6.04 Å². The zero-order valence-corrected chi connectivity index (χ0v) is 16.6. The Morgan fingerprint density at radius 1 is 1.07 bits per heavy atom. The number of nitrogens with zero attached hydrogens (tertiary/aromatic N) is 3. The van der Waals surface area contributed by atoms with E-state index < -0.39 is 10.0 Å². The molecule has 7 heteroatoms. The van der Waals surface area contributed by atoms with Crippen LogP contribution < -0.4 is 5.73 Å². The molecule has 0 saturated carbocycles. The minimum absolute atomic E-state index is 0.260. The number of hydrogen-bond acceptors (Lipinski definition) is 4. The second kappa shape index (κ2) is 7.41. The molecule has 0 amide bonds. The number of aryl methyl sites for hydroxylation is 1. The topological polar surface area (TPSA) is 81.2 Å². The number of anilines is 1. The molecule has 28 heavy (non-hydrogen) atoms. The third-order valence-corrected chi connectivity index (χ3v) is 7.30. The molecule has 1 saturated heterocycles. The van der Waals surface area contributed by atoms with E-state index in [0.717, 1.165) is 29.5 Å². The van der Waals surface area contributed by atoms with Crippen LogP contribution >= 0.6 is 0 Å². The van der Waals surface area contributed by atoms with E-state index in [0.29, 0.717) is 23.7 Å². The van der Waals surface area contributed by atoms with Gasteiger partial charge in [-0.2, -0.15) is 9.40 Å². The Kier molecular flexibility index (Phi) is 4.95. The Hall–Kier alpha value is -2.64. The minimum atomic E-state index is -3.49. The van der Waals surface area contributed by atoms with Gasteiger partial charge in [0.25, 0.3) is 0 Å². The van der Waals surface area contributed by atoms with Gasteiger partial charge in [0, 0.05) is 31.2 Å². The van der Waals surface area contributed by atoms with Gasteiger partial charge in [0.15, 0.2) is 0 Å². The first-order valence-electron chi connectivity index (χ1n) is 9.41. The number of hydrogen-bond donors (Lipinski definition) is 1. The third kappa shape index (κ3) is 3.55. The minimum Gasteiger partial charge on any atom is -0.399 e. The van der Waals surface area contributed by atoms with Crippen molar-refractivity contribution >= 4 is 15.7 Å². The van der Waals surface area contributed by atoms with Crippen LogP contribution in [-0.2, 0) is 10.0 Å². The SMILES string of the molecule is Cc1ccc(N)cc1-c1ccc(S(=O)(=O)N2CCC(n3cccn3)CC2)cc1. The molecule has 4 rings (SSSR count). The predicted molar refractivity (Wildman–Crippen MR) is 110 cm³/mol. The lowest BCUT2D eigenvalue weighted by molar-refractivity contribution is 0.261. The number of benzene rings is 2. The summed E-state index contributed by atoms with van der Waals surface area (Å²) in [5.74, 6) is 0. The van der Waals surface area contributed by atoms with Crippen LogP contribution in [0.1, 0.15) is 24.4 Å². The van der Waals surface area contributed by atoms with Crippen molar-refractivity contribution in [2.24, 2.45) is 0 Å². The van der Waals surface area contributed by atoms with E-state index in [1.54, 1.807) is 22.6 Å². The Labute approximate surface area is 165 Å². The predicted octanol–water partition coefficient (Wildman–Crippen LogP) is 3.47. The van der Waals surface area contributed by atoms with Crippen molar-refractivity contribution in [2.45, 2.75) is 30.7 Å². The monoisotopic (exact) mass is 396 g/mol. The van der Waals surface area contributed by atoms with E-state index >= 15 is 0 Å². The van der Waals surface area contributed by atoms with Crippen molar-refractivity contribution in [3.63, 3.8) is 0 Å². The highest BCUT2D eigenvalue weighted by atomic mass is 32.2. The highest BCUT2D eigenvalue weighted by molar-refractivity contribution is 7.89. The van der Waals surface area contributed by atoms with E-state index in [2.05, 4.69) is 5.10 Å². The molecule has 6 nitrogen and oxygen atoms in total. The molecule has 2 N–H and O–H groups in total. The van der Waals surface area contributed by atoms with Crippen molar-refractivity contribution in [2.75, 3.05) is 18.8 Å². The van der Waals surface area contributed by atoms with Crippen LogP contribution in [0.4, 0.5) is 5.69 Å². The first-order valence-corrected chi connectivity index (χ1v) is 10.8. The summed E-state index contributed by atoms with van der Waals surface area (Å²) < 4.78 is 29.6. The fourth-order valence-electron chi connectivity index (χ4n) is 3.75. The zero-order chi connectivity index (χ0) is 19.7. The molecule has 1 fully saturated rings. The Morgan fingerprint density at radius 2 is 1.79 bits per heavy atom. The van der Waals surface area contributed by atoms with E-state index in [4.69, 9.17) is 5.73 Å². The lowest BCUT2D eigenvalue weighted by Crippen LogP contribution is -2.39. The summed E-state index contributed by atoms with van der Waals surface area (Å²) in [6.07, 6.45) is 5.22. The molecule has 0 bridgehead atoms. The maximum absolute atomic E-state index is 13.0. The van der Waals surface area contributed by atoms with Crippen LogP contribution in [0.15, 0.2) is 65.8 Å². The molecule has 1 aliphatic rings. The highest BCUT2D eigenvalue weighted by Crippen LogP contribution is 2.29. The number of piperidine rings is 1. The quantitative estimate of drug-likeness (QED) is 0.685. The largest absolute Gasteiger partial charge is 0.399 e. The second-order valence-corrected chi connectivity index (χ2v) is 9.16. The molecule has 1 aromatic heterocycles. The number of aromatic nitrogens is 2. The average molecular weight is 397 g/mol. The zero-order valence-electron chi connectivity index (χ0n) is 15.8. The normalized spacial score (nSPS) is 16.3. The molecule has 0 spiro atoms.